The van der Waals surface area contributed by atoms with Crippen molar-refractivity contribution in [3.63, 3.8) is 0 Å². The minimum Gasteiger partial charge on any atom is -0.444 e. The van der Waals surface area contributed by atoms with Gasteiger partial charge in [-0.25, -0.2) is 4.79 Å². The Bertz CT molecular complexity index is 410. The number of carbonyl (C=O) groups is 1. The van der Waals surface area contributed by atoms with Crippen LogP contribution >= 0.6 is 22.6 Å². The molecule has 1 aromatic carbocycles. The monoisotopic (exact) mass is 347 g/mol. The first-order chi connectivity index (χ1) is 7.78. The molecule has 0 spiro atoms. The summed E-state index contributed by atoms with van der Waals surface area (Å²) in [4.78, 5) is 11.5. The molecular formula is C13H18INO2. The summed E-state index contributed by atoms with van der Waals surface area (Å²) < 4.78 is 6.34. The maximum Gasteiger partial charge on any atom is 0.407 e. The lowest BCUT2D eigenvalue weighted by atomic mass is 10.1. The van der Waals surface area contributed by atoms with Crippen LogP contribution in [-0.4, -0.2) is 11.7 Å². The van der Waals surface area contributed by atoms with Gasteiger partial charge in [0.2, 0.25) is 0 Å². The summed E-state index contributed by atoms with van der Waals surface area (Å²) in [6, 6.07) is 6.16. The van der Waals surface area contributed by atoms with Gasteiger partial charge < -0.3 is 10.1 Å². The van der Waals surface area contributed by atoms with Crippen LogP contribution in [0, 0.1) is 10.5 Å². The SMILES string of the molecule is Cc1ccc(I)cc1CNC(=O)OC(C)(C)C. The van der Waals surface area contributed by atoms with Crippen molar-refractivity contribution in [2.45, 2.75) is 39.8 Å². The molecule has 94 valence electrons. The van der Waals surface area contributed by atoms with E-state index in [9.17, 15) is 4.79 Å². The number of hydrogen-bond donors (Lipinski definition) is 1. The van der Waals surface area contributed by atoms with Crippen molar-refractivity contribution in [1.29, 1.82) is 0 Å². The lowest BCUT2D eigenvalue weighted by molar-refractivity contribution is 0.0523. The molecule has 1 aromatic rings. The normalized spacial score (nSPS) is 11.1. The zero-order valence-electron chi connectivity index (χ0n) is 10.6. The highest BCUT2D eigenvalue weighted by Crippen LogP contribution is 2.13. The van der Waals surface area contributed by atoms with Gasteiger partial charge in [0.05, 0.1) is 0 Å². The van der Waals surface area contributed by atoms with E-state index in [1.165, 1.54) is 5.56 Å². The van der Waals surface area contributed by atoms with Crippen molar-refractivity contribution in [3.8, 4) is 0 Å². The van der Waals surface area contributed by atoms with Crippen molar-refractivity contribution in [2.75, 3.05) is 0 Å². The van der Waals surface area contributed by atoms with E-state index in [0.29, 0.717) is 6.54 Å². The van der Waals surface area contributed by atoms with E-state index in [1.807, 2.05) is 39.8 Å². The standard InChI is InChI=1S/C13H18INO2/c1-9-5-6-11(14)7-10(9)8-15-12(16)17-13(2,3)4/h5-7H,8H2,1-4H3,(H,15,16). The molecule has 0 atom stereocenters. The number of hydrogen-bond acceptors (Lipinski definition) is 2. The van der Waals surface area contributed by atoms with Crippen LogP contribution in [0.4, 0.5) is 4.79 Å². The van der Waals surface area contributed by atoms with Gasteiger partial charge in [-0.05, 0) is 73.5 Å². The van der Waals surface area contributed by atoms with Crippen LogP contribution in [0.15, 0.2) is 18.2 Å². The fourth-order valence-electron chi connectivity index (χ4n) is 1.31. The Morgan fingerprint density at radius 3 is 2.65 bits per heavy atom. The molecule has 0 heterocycles. The number of rotatable bonds is 2. The van der Waals surface area contributed by atoms with Crippen molar-refractivity contribution in [1.82, 2.24) is 5.32 Å². The Balaban J connectivity index is 2.56. The van der Waals surface area contributed by atoms with Gasteiger partial charge >= 0.3 is 6.09 Å². The van der Waals surface area contributed by atoms with Gasteiger partial charge in [-0.2, -0.15) is 0 Å². The molecule has 0 aliphatic rings. The van der Waals surface area contributed by atoms with Crippen LogP contribution in [0.2, 0.25) is 0 Å². The van der Waals surface area contributed by atoms with Crippen LogP contribution in [0.25, 0.3) is 0 Å². The Morgan fingerprint density at radius 1 is 1.41 bits per heavy atom. The first kappa shape index (κ1) is 14.3. The van der Waals surface area contributed by atoms with Gasteiger partial charge in [0, 0.05) is 10.1 Å². The predicted octanol–water partition coefficient (Wildman–Crippen LogP) is 3.62. The topological polar surface area (TPSA) is 38.3 Å². The molecule has 0 unspecified atom stereocenters. The fourth-order valence-corrected chi connectivity index (χ4v) is 1.87. The van der Waals surface area contributed by atoms with Gasteiger partial charge in [0.1, 0.15) is 5.60 Å². The lowest BCUT2D eigenvalue weighted by Crippen LogP contribution is -2.32. The fraction of sp³-hybridized carbons (Fsp3) is 0.462. The van der Waals surface area contributed by atoms with Crippen molar-refractivity contribution < 1.29 is 9.53 Å². The molecule has 0 bridgehead atoms. The molecule has 0 aliphatic heterocycles. The van der Waals surface area contributed by atoms with Crippen LogP contribution < -0.4 is 5.32 Å². The molecule has 1 amide bonds. The molecule has 3 nitrogen and oxygen atoms in total. The molecule has 0 aromatic heterocycles. The van der Waals surface area contributed by atoms with Crippen molar-refractivity contribution in [2.24, 2.45) is 0 Å². The highest BCUT2D eigenvalue weighted by Gasteiger charge is 2.15. The molecule has 1 N–H and O–H groups in total. The molecular weight excluding hydrogens is 329 g/mol. The first-order valence-electron chi connectivity index (χ1n) is 5.50. The van der Waals surface area contributed by atoms with Gasteiger partial charge in [-0.1, -0.05) is 6.07 Å². The quantitative estimate of drug-likeness (QED) is 0.830. The molecule has 0 saturated carbocycles. The van der Waals surface area contributed by atoms with Crippen LogP contribution in [0.3, 0.4) is 0 Å². The number of benzene rings is 1. The number of halogens is 1. The van der Waals surface area contributed by atoms with E-state index in [0.717, 1.165) is 9.13 Å². The van der Waals surface area contributed by atoms with E-state index in [-0.39, 0.29) is 6.09 Å². The van der Waals surface area contributed by atoms with E-state index >= 15 is 0 Å². The Kier molecular flexibility index (Phi) is 4.80. The van der Waals surface area contributed by atoms with Gasteiger partial charge in [-0.15, -0.1) is 0 Å². The van der Waals surface area contributed by atoms with E-state index < -0.39 is 5.60 Å². The van der Waals surface area contributed by atoms with Crippen molar-refractivity contribution in [3.05, 3.63) is 32.9 Å². The van der Waals surface area contributed by atoms with Gasteiger partial charge in [-0.3, -0.25) is 0 Å². The zero-order valence-corrected chi connectivity index (χ0v) is 12.8. The number of carbonyl (C=O) groups excluding carboxylic acids is 1. The minimum atomic E-state index is -0.454. The Morgan fingerprint density at radius 2 is 2.06 bits per heavy atom. The average molecular weight is 347 g/mol. The third-order valence-corrected chi connectivity index (χ3v) is 2.80. The van der Waals surface area contributed by atoms with Crippen LogP contribution in [0.1, 0.15) is 31.9 Å². The summed E-state index contributed by atoms with van der Waals surface area (Å²) in [5.74, 6) is 0. The minimum absolute atomic E-state index is 0.379. The average Bonchev–Trinajstić information content (AvgIpc) is 2.17. The molecule has 0 saturated heterocycles. The first-order valence-corrected chi connectivity index (χ1v) is 6.58. The van der Waals surface area contributed by atoms with Gasteiger partial charge in [0.25, 0.3) is 0 Å². The molecule has 4 heteroatoms. The van der Waals surface area contributed by atoms with Crippen molar-refractivity contribution >= 4 is 28.7 Å². The molecule has 0 radical (unpaired) electrons. The third-order valence-electron chi connectivity index (χ3n) is 2.13. The smallest absolute Gasteiger partial charge is 0.407 e. The zero-order chi connectivity index (χ0) is 13.1. The third kappa shape index (κ3) is 5.39. The maximum absolute atomic E-state index is 11.5. The molecule has 0 aliphatic carbocycles. The van der Waals surface area contributed by atoms with Gasteiger partial charge in [0.15, 0.2) is 0 Å². The largest absolute Gasteiger partial charge is 0.444 e. The van der Waals surface area contributed by atoms with E-state index in [2.05, 4.69) is 34.0 Å². The maximum atomic E-state index is 11.5. The van der Waals surface area contributed by atoms with Crippen LogP contribution in [0.5, 0.6) is 0 Å². The summed E-state index contributed by atoms with van der Waals surface area (Å²) >= 11 is 2.26. The number of nitrogens with one attached hydrogen (secondary N) is 1. The van der Waals surface area contributed by atoms with E-state index in [1.54, 1.807) is 0 Å². The van der Waals surface area contributed by atoms with Crippen LogP contribution in [-0.2, 0) is 11.3 Å². The predicted molar refractivity (Wildman–Crippen MR) is 77.0 cm³/mol. The summed E-state index contributed by atoms with van der Waals surface area (Å²) in [5, 5.41) is 2.76. The summed E-state index contributed by atoms with van der Waals surface area (Å²) in [5.41, 5.74) is 1.83. The highest BCUT2D eigenvalue weighted by molar-refractivity contribution is 14.1. The number of ether oxygens (including phenoxy) is 1. The number of alkyl carbamates (subject to hydrolysis) is 1. The second-order valence-electron chi connectivity index (χ2n) is 4.93. The summed E-state index contributed by atoms with van der Waals surface area (Å²) in [6.45, 7) is 8.08. The second kappa shape index (κ2) is 5.71. The summed E-state index contributed by atoms with van der Waals surface area (Å²) in [7, 11) is 0. The summed E-state index contributed by atoms with van der Waals surface area (Å²) in [6.07, 6.45) is -0.379. The molecule has 1 rings (SSSR count). The number of amides is 1. The lowest BCUT2D eigenvalue weighted by Gasteiger charge is -2.20. The van der Waals surface area contributed by atoms with E-state index in [4.69, 9.17) is 4.74 Å². The Labute approximate surface area is 116 Å². The Hall–Kier alpha value is -0.780. The number of aryl methyl sites for hydroxylation is 1. The molecule has 17 heavy (non-hydrogen) atoms. The molecule has 0 fully saturated rings. The second-order valence-corrected chi connectivity index (χ2v) is 6.17. The highest BCUT2D eigenvalue weighted by atomic mass is 127.